The summed E-state index contributed by atoms with van der Waals surface area (Å²) < 4.78 is 3.24. The molecule has 0 unspecified atom stereocenters. The van der Waals surface area contributed by atoms with E-state index < -0.39 is 5.97 Å². The van der Waals surface area contributed by atoms with E-state index in [1.807, 2.05) is 30.5 Å². The van der Waals surface area contributed by atoms with E-state index in [1.54, 1.807) is 29.2 Å². The summed E-state index contributed by atoms with van der Waals surface area (Å²) in [5, 5.41) is 19.7. The van der Waals surface area contributed by atoms with Gasteiger partial charge in [-0.2, -0.15) is 10.2 Å². The Bertz CT molecular complexity index is 870. The summed E-state index contributed by atoms with van der Waals surface area (Å²) in [7, 11) is 0. The first-order chi connectivity index (χ1) is 12.1. The summed E-state index contributed by atoms with van der Waals surface area (Å²) >= 11 is 0. The molecule has 128 valence electrons. The van der Waals surface area contributed by atoms with Crippen molar-refractivity contribution < 1.29 is 14.7 Å². The third-order valence-electron chi connectivity index (χ3n) is 3.52. The molecule has 3 rings (SSSR count). The largest absolute Gasteiger partial charge is 0.481 e. The van der Waals surface area contributed by atoms with Crippen LogP contribution in [0.4, 0.5) is 5.69 Å². The molecule has 0 aliphatic heterocycles. The zero-order valence-corrected chi connectivity index (χ0v) is 13.4. The maximum atomic E-state index is 12.3. The highest BCUT2D eigenvalue weighted by Crippen LogP contribution is 2.13. The van der Waals surface area contributed by atoms with Gasteiger partial charge in [-0.25, -0.2) is 0 Å². The minimum absolute atomic E-state index is 0.0434. The number of amides is 1. The number of aliphatic carboxylic acids is 1. The molecular formula is C17H17N5O3. The number of nitrogens with one attached hydrogen (secondary N) is 1. The third-order valence-corrected chi connectivity index (χ3v) is 3.52. The predicted molar refractivity (Wildman–Crippen MR) is 90.2 cm³/mol. The second-order valence-electron chi connectivity index (χ2n) is 5.47. The first kappa shape index (κ1) is 16.4. The normalized spacial score (nSPS) is 10.6. The summed E-state index contributed by atoms with van der Waals surface area (Å²) in [5.41, 5.74) is 1.91. The molecule has 0 spiro atoms. The lowest BCUT2D eigenvalue weighted by atomic mass is 10.2. The van der Waals surface area contributed by atoms with Crippen molar-refractivity contribution in [2.75, 3.05) is 5.32 Å². The topological polar surface area (TPSA) is 102 Å². The molecule has 1 aromatic carbocycles. The van der Waals surface area contributed by atoms with Crippen LogP contribution in [0.25, 0.3) is 0 Å². The van der Waals surface area contributed by atoms with Gasteiger partial charge in [0, 0.05) is 24.3 Å². The molecular weight excluding hydrogens is 322 g/mol. The molecule has 0 radical (unpaired) electrons. The fourth-order valence-corrected chi connectivity index (χ4v) is 2.34. The smallest absolute Gasteiger partial charge is 0.305 e. The maximum Gasteiger partial charge on any atom is 0.305 e. The molecule has 25 heavy (non-hydrogen) atoms. The minimum Gasteiger partial charge on any atom is -0.481 e. The van der Waals surface area contributed by atoms with E-state index in [0.29, 0.717) is 12.2 Å². The summed E-state index contributed by atoms with van der Waals surface area (Å²) in [5.74, 6) is -1.25. The Morgan fingerprint density at radius 2 is 2.00 bits per heavy atom. The van der Waals surface area contributed by atoms with Crippen molar-refractivity contribution in [3.05, 3.63) is 66.2 Å². The Morgan fingerprint density at radius 3 is 2.76 bits per heavy atom. The number of carbonyl (C=O) groups is 2. The van der Waals surface area contributed by atoms with Crippen molar-refractivity contribution in [3.8, 4) is 0 Å². The quantitative estimate of drug-likeness (QED) is 0.684. The Morgan fingerprint density at radius 1 is 1.12 bits per heavy atom. The van der Waals surface area contributed by atoms with Crippen molar-refractivity contribution >= 4 is 17.6 Å². The van der Waals surface area contributed by atoms with Gasteiger partial charge >= 0.3 is 5.97 Å². The van der Waals surface area contributed by atoms with Gasteiger partial charge in [-0.1, -0.05) is 12.1 Å². The average Bonchev–Trinajstić information content (AvgIpc) is 3.25. The SMILES string of the molecule is O=C(O)CCn1ccc(C(=O)Nc2cccc(Cn3cccn3)c2)n1. The van der Waals surface area contributed by atoms with Crippen LogP contribution in [0.1, 0.15) is 22.5 Å². The van der Waals surface area contributed by atoms with Crippen LogP contribution in [-0.2, 0) is 17.9 Å². The molecule has 8 heteroatoms. The number of anilines is 1. The number of rotatable bonds is 7. The Balaban J connectivity index is 1.63. The van der Waals surface area contributed by atoms with E-state index in [2.05, 4.69) is 15.5 Å². The number of carboxylic acid groups (broad SMARTS) is 1. The van der Waals surface area contributed by atoms with E-state index >= 15 is 0 Å². The highest BCUT2D eigenvalue weighted by Gasteiger charge is 2.11. The van der Waals surface area contributed by atoms with Crippen LogP contribution in [-0.4, -0.2) is 36.5 Å². The zero-order valence-electron chi connectivity index (χ0n) is 13.4. The minimum atomic E-state index is -0.907. The van der Waals surface area contributed by atoms with Gasteiger partial charge < -0.3 is 10.4 Å². The Hall–Kier alpha value is -3.42. The first-order valence-corrected chi connectivity index (χ1v) is 7.73. The van der Waals surface area contributed by atoms with Crippen LogP contribution in [0.2, 0.25) is 0 Å². The molecule has 2 heterocycles. The van der Waals surface area contributed by atoms with E-state index in [-0.39, 0.29) is 24.6 Å². The van der Waals surface area contributed by atoms with Crippen molar-refractivity contribution in [1.82, 2.24) is 19.6 Å². The van der Waals surface area contributed by atoms with Gasteiger partial charge in [-0.3, -0.25) is 19.0 Å². The first-order valence-electron chi connectivity index (χ1n) is 7.73. The molecule has 0 aliphatic rings. The highest BCUT2D eigenvalue weighted by atomic mass is 16.4. The van der Waals surface area contributed by atoms with Crippen molar-refractivity contribution in [1.29, 1.82) is 0 Å². The van der Waals surface area contributed by atoms with Crippen molar-refractivity contribution in [2.45, 2.75) is 19.5 Å². The highest BCUT2D eigenvalue weighted by molar-refractivity contribution is 6.02. The lowest BCUT2D eigenvalue weighted by Crippen LogP contribution is -2.14. The number of nitrogens with zero attached hydrogens (tertiary/aromatic N) is 4. The lowest BCUT2D eigenvalue weighted by molar-refractivity contribution is -0.137. The zero-order chi connectivity index (χ0) is 17.6. The van der Waals surface area contributed by atoms with Gasteiger partial charge in [0.15, 0.2) is 5.69 Å². The molecule has 3 aromatic rings. The van der Waals surface area contributed by atoms with Gasteiger partial charge in [0.05, 0.1) is 19.5 Å². The molecule has 8 nitrogen and oxygen atoms in total. The van der Waals surface area contributed by atoms with Crippen LogP contribution < -0.4 is 5.32 Å². The summed E-state index contributed by atoms with van der Waals surface area (Å²) in [6.07, 6.45) is 5.13. The van der Waals surface area contributed by atoms with Crippen LogP contribution in [0.15, 0.2) is 55.0 Å². The molecule has 2 N–H and O–H groups in total. The van der Waals surface area contributed by atoms with E-state index in [4.69, 9.17) is 5.11 Å². The predicted octanol–water partition coefficient (Wildman–Crippen LogP) is 1.85. The molecule has 0 aliphatic carbocycles. The molecule has 1 amide bonds. The molecule has 0 fully saturated rings. The average molecular weight is 339 g/mol. The number of hydrogen-bond acceptors (Lipinski definition) is 4. The number of benzene rings is 1. The Kier molecular flexibility index (Phi) is 4.89. The number of hydrogen-bond donors (Lipinski definition) is 2. The lowest BCUT2D eigenvalue weighted by Gasteiger charge is -2.07. The molecule has 0 atom stereocenters. The summed E-state index contributed by atoms with van der Waals surface area (Å²) in [6, 6.07) is 10.9. The maximum absolute atomic E-state index is 12.3. The molecule has 0 saturated heterocycles. The van der Waals surface area contributed by atoms with E-state index in [9.17, 15) is 9.59 Å². The van der Waals surface area contributed by atoms with E-state index in [1.165, 1.54) is 4.68 Å². The van der Waals surface area contributed by atoms with Crippen molar-refractivity contribution in [3.63, 3.8) is 0 Å². The number of aryl methyl sites for hydroxylation is 1. The number of carboxylic acids is 1. The fourth-order valence-electron chi connectivity index (χ4n) is 2.34. The van der Waals surface area contributed by atoms with Gasteiger partial charge in [0.1, 0.15) is 0 Å². The van der Waals surface area contributed by atoms with Gasteiger partial charge in [0.25, 0.3) is 5.91 Å². The monoisotopic (exact) mass is 339 g/mol. The Labute approximate surface area is 143 Å². The van der Waals surface area contributed by atoms with Crippen molar-refractivity contribution in [2.24, 2.45) is 0 Å². The van der Waals surface area contributed by atoms with Gasteiger partial charge in [0.2, 0.25) is 0 Å². The standard InChI is InChI=1S/C17H17N5O3/c23-16(24)6-10-21-9-5-15(20-21)17(25)19-14-4-1-3-13(11-14)12-22-8-2-7-18-22/h1-5,7-9,11H,6,10,12H2,(H,19,25)(H,23,24). The second-order valence-corrected chi connectivity index (χ2v) is 5.47. The van der Waals surface area contributed by atoms with E-state index in [0.717, 1.165) is 5.56 Å². The summed E-state index contributed by atoms with van der Waals surface area (Å²) in [4.78, 5) is 22.8. The second kappa shape index (κ2) is 7.43. The van der Waals surface area contributed by atoms with Crippen LogP contribution in [0, 0.1) is 0 Å². The molecule has 0 bridgehead atoms. The van der Waals surface area contributed by atoms with Crippen LogP contribution in [0.5, 0.6) is 0 Å². The van der Waals surface area contributed by atoms with Crippen LogP contribution >= 0.6 is 0 Å². The van der Waals surface area contributed by atoms with Gasteiger partial charge in [-0.05, 0) is 29.8 Å². The third kappa shape index (κ3) is 4.54. The molecule has 2 aromatic heterocycles. The van der Waals surface area contributed by atoms with Gasteiger partial charge in [-0.15, -0.1) is 0 Å². The van der Waals surface area contributed by atoms with Crippen LogP contribution in [0.3, 0.4) is 0 Å². The summed E-state index contributed by atoms with van der Waals surface area (Å²) in [6.45, 7) is 0.836. The molecule has 0 saturated carbocycles. The fraction of sp³-hybridized carbons (Fsp3) is 0.176. The number of aromatic nitrogens is 4. The number of carbonyl (C=O) groups excluding carboxylic acids is 1.